The van der Waals surface area contributed by atoms with Gasteiger partial charge in [0.15, 0.2) is 0 Å². The number of nitrogen functional groups attached to an aromatic ring is 1. The number of hydrogen-bond donors (Lipinski definition) is 2. The van der Waals surface area contributed by atoms with E-state index in [0.717, 1.165) is 0 Å². The molecule has 0 bridgehead atoms. The molecule has 2 aromatic carbocycles. The zero-order valence-corrected chi connectivity index (χ0v) is 13.9. The number of anilines is 2. The lowest BCUT2D eigenvalue weighted by Gasteiger charge is -2.11. The molecule has 0 saturated carbocycles. The Hall–Kier alpha value is -2.73. The first-order chi connectivity index (χ1) is 11.6. The summed E-state index contributed by atoms with van der Waals surface area (Å²) in [6.45, 7) is 3.61. The van der Waals surface area contributed by atoms with E-state index in [9.17, 15) is 4.79 Å². The number of nitrogens with two attached hydrogens (primary N) is 1. The van der Waals surface area contributed by atoms with Crippen molar-refractivity contribution in [3.8, 4) is 11.5 Å². The number of ether oxygens (including phenoxy) is 3. The van der Waals surface area contributed by atoms with Gasteiger partial charge in [0.25, 0.3) is 5.91 Å². The molecule has 2 rings (SSSR count). The van der Waals surface area contributed by atoms with Gasteiger partial charge < -0.3 is 25.3 Å². The second-order valence-corrected chi connectivity index (χ2v) is 4.98. The van der Waals surface area contributed by atoms with E-state index in [1.165, 1.54) is 7.11 Å². The first kappa shape index (κ1) is 17.6. The smallest absolute Gasteiger partial charge is 0.255 e. The largest absolute Gasteiger partial charge is 0.494 e. The molecule has 2 aromatic rings. The van der Waals surface area contributed by atoms with Gasteiger partial charge in [0.05, 0.1) is 19.4 Å². The molecule has 0 unspecified atom stereocenters. The lowest BCUT2D eigenvalue weighted by atomic mass is 10.2. The van der Waals surface area contributed by atoms with Gasteiger partial charge in [-0.2, -0.15) is 0 Å². The fourth-order valence-corrected chi connectivity index (χ4v) is 2.07. The average Bonchev–Trinajstić information content (AvgIpc) is 2.60. The van der Waals surface area contributed by atoms with Crippen LogP contribution in [0.2, 0.25) is 0 Å². The third-order valence-corrected chi connectivity index (χ3v) is 3.29. The number of nitrogens with one attached hydrogen (secondary N) is 1. The standard InChI is InChI=1S/C18H22N2O4/c1-3-23-10-11-24-15-7-4-13(5-8-15)18(21)20-16-9-6-14(19)12-17(16)22-2/h4-9,12H,3,10-11,19H2,1-2H3,(H,20,21). The summed E-state index contributed by atoms with van der Waals surface area (Å²) in [7, 11) is 1.53. The first-order valence-corrected chi connectivity index (χ1v) is 7.69. The van der Waals surface area contributed by atoms with Gasteiger partial charge in [0.2, 0.25) is 0 Å². The van der Waals surface area contributed by atoms with Crippen molar-refractivity contribution in [1.82, 2.24) is 0 Å². The number of carbonyl (C=O) groups is 1. The van der Waals surface area contributed by atoms with Crippen LogP contribution in [0.5, 0.6) is 11.5 Å². The van der Waals surface area contributed by atoms with Crippen molar-refractivity contribution in [2.24, 2.45) is 0 Å². The Balaban J connectivity index is 1.97. The molecule has 0 spiro atoms. The molecule has 0 fully saturated rings. The van der Waals surface area contributed by atoms with Gasteiger partial charge in [-0.15, -0.1) is 0 Å². The number of benzene rings is 2. The van der Waals surface area contributed by atoms with E-state index in [1.54, 1.807) is 42.5 Å². The molecule has 1 amide bonds. The summed E-state index contributed by atoms with van der Waals surface area (Å²) in [6, 6.07) is 12.0. The van der Waals surface area contributed by atoms with Gasteiger partial charge in [-0.3, -0.25) is 4.79 Å². The van der Waals surface area contributed by atoms with Gasteiger partial charge in [0, 0.05) is 23.9 Å². The lowest BCUT2D eigenvalue weighted by Crippen LogP contribution is -2.13. The van der Waals surface area contributed by atoms with Crippen LogP contribution < -0.4 is 20.5 Å². The molecule has 128 valence electrons. The van der Waals surface area contributed by atoms with Crippen molar-refractivity contribution in [3.63, 3.8) is 0 Å². The highest BCUT2D eigenvalue weighted by Gasteiger charge is 2.10. The van der Waals surface area contributed by atoms with Crippen LogP contribution in [-0.4, -0.2) is 32.8 Å². The SMILES string of the molecule is CCOCCOc1ccc(C(=O)Nc2ccc(N)cc2OC)cc1. The van der Waals surface area contributed by atoms with Gasteiger partial charge in [0.1, 0.15) is 18.1 Å². The van der Waals surface area contributed by atoms with Crippen LogP contribution in [0.4, 0.5) is 11.4 Å². The van der Waals surface area contributed by atoms with Crippen molar-refractivity contribution in [3.05, 3.63) is 48.0 Å². The average molecular weight is 330 g/mol. The first-order valence-electron chi connectivity index (χ1n) is 7.69. The van der Waals surface area contributed by atoms with Crippen LogP contribution in [0.25, 0.3) is 0 Å². The number of rotatable bonds is 8. The minimum absolute atomic E-state index is 0.237. The Morgan fingerprint density at radius 3 is 2.54 bits per heavy atom. The van der Waals surface area contributed by atoms with Crippen molar-refractivity contribution in [2.75, 3.05) is 38.0 Å². The van der Waals surface area contributed by atoms with Gasteiger partial charge >= 0.3 is 0 Å². The van der Waals surface area contributed by atoms with Crippen LogP contribution in [0.1, 0.15) is 17.3 Å². The van der Waals surface area contributed by atoms with E-state index in [2.05, 4.69) is 5.32 Å². The fraction of sp³-hybridized carbons (Fsp3) is 0.278. The fourth-order valence-electron chi connectivity index (χ4n) is 2.07. The van der Waals surface area contributed by atoms with Crippen LogP contribution in [0.3, 0.4) is 0 Å². The van der Waals surface area contributed by atoms with Crippen molar-refractivity contribution in [2.45, 2.75) is 6.92 Å². The molecule has 0 aliphatic carbocycles. The Kier molecular flexibility index (Phi) is 6.45. The molecular weight excluding hydrogens is 308 g/mol. The number of carbonyl (C=O) groups excluding carboxylic acids is 1. The Bertz CT molecular complexity index is 671. The van der Waals surface area contributed by atoms with Gasteiger partial charge in [-0.1, -0.05) is 0 Å². The third kappa shape index (κ3) is 4.89. The molecule has 0 aliphatic rings. The predicted octanol–water partition coefficient (Wildman–Crippen LogP) is 2.95. The summed E-state index contributed by atoms with van der Waals surface area (Å²) in [6.07, 6.45) is 0. The van der Waals surface area contributed by atoms with Crippen molar-refractivity contribution < 1.29 is 19.0 Å². The maximum absolute atomic E-state index is 12.3. The molecule has 6 heteroatoms. The number of methoxy groups -OCH3 is 1. The highest BCUT2D eigenvalue weighted by molar-refractivity contribution is 6.05. The molecule has 0 saturated heterocycles. The Morgan fingerprint density at radius 1 is 1.12 bits per heavy atom. The zero-order chi connectivity index (χ0) is 17.4. The van der Waals surface area contributed by atoms with Gasteiger partial charge in [-0.05, 0) is 43.3 Å². The predicted molar refractivity (Wildman–Crippen MR) is 93.8 cm³/mol. The highest BCUT2D eigenvalue weighted by Crippen LogP contribution is 2.27. The van der Waals surface area contributed by atoms with Crippen LogP contribution in [0.15, 0.2) is 42.5 Å². The third-order valence-electron chi connectivity index (χ3n) is 3.29. The molecule has 0 atom stereocenters. The van der Waals surface area contributed by atoms with Crippen molar-refractivity contribution >= 4 is 17.3 Å². The summed E-state index contributed by atoms with van der Waals surface area (Å²) in [5.41, 5.74) is 7.36. The maximum Gasteiger partial charge on any atom is 0.255 e. The molecule has 0 radical (unpaired) electrons. The van der Waals surface area contributed by atoms with Crippen molar-refractivity contribution in [1.29, 1.82) is 0 Å². The highest BCUT2D eigenvalue weighted by atomic mass is 16.5. The van der Waals surface area contributed by atoms with E-state index in [1.807, 2.05) is 6.92 Å². The summed E-state index contributed by atoms with van der Waals surface area (Å²) >= 11 is 0. The second-order valence-electron chi connectivity index (χ2n) is 4.98. The Morgan fingerprint density at radius 2 is 1.88 bits per heavy atom. The summed E-state index contributed by atoms with van der Waals surface area (Å²) in [5.74, 6) is 0.967. The van der Waals surface area contributed by atoms with E-state index < -0.39 is 0 Å². The zero-order valence-electron chi connectivity index (χ0n) is 13.9. The maximum atomic E-state index is 12.3. The van der Waals surface area contributed by atoms with E-state index >= 15 is 0 Å². The number of amides is 1. The molecular formula is C18H22N2O4. The molecule has 0 aliphatic heterocycles. The van der Waals surface area contributed by atoms with Crippen LogP contribution in [-0.2, 0) is 4.74 Å². The Labute approximate surface area is 141 Å². The van der Waals surface area contributed by atoms with Crippen LogP contribution >= 0.6 is 0 Å². The molecule has 6 nitrogen and oxygen atoms in total. The summed E-state index contributed by atoms with van der Waals surface area (Å²) < 4.78 is 15.9. The quantitative estimate of drug-likeness (QED) is 0.574. The summed E-state index contributed by atoms with van der Waals surface area (Å²) in [5, 5.41) is 2.80. The minimum atomic E-state index is -0.237. The lowest BCUT2D eigenvalue weighted by molar-refractivity contribution is 0.102. The number of hydrogen-bond acceptors (Lipinski definition) is 5. The van der Waals surface area contributed by atoms with Crippen LogP contribution in [0, 0.1) is 0 Å². The molecule has 0 aromatic heterocycles. The van der Waals surface area contributed by atoms with Gasteiger partial charge in [-0.25, -0.2) is 0 Å². The van der Waals surface area contributed by atoms with E-state index in [0.29, 0.717) is 48.3 Å². The minimum Gasteiger partial charge on any atom is -0.494 e. The summed E-state index contributed by atoms with van der Waals surface area (Å²) in [4.78, 5) is 12.3. The molecule has 3 N–H and O–H groups in total. The normalized spacial score (nSPS) is 10.2. The van der Waals surface area contributed by atoms with E-state index in [4.69, 9.17) is 19.9 Å². The second kappa shape index (κ2) is 8.79. The molecule has 24 heavy (non-hydrogen) atoms. The monoisotopic (exact) mass is 330 g/mol. The molecule has 0 heterocycles. The van der Waals surface area contributed by atoms with E-state index in [-0.39, 0.29) is 5.91 Å². The topological polar surface area (TPSA) is 82.8 Å².